The van der Waals surface area contributed by atoms with Crippen LogP contribution in [0.5, 0.6) is 0 Å². The van der Waals surface area contributed by atoms with E-state index in [2.05, 4.69) is 9.97 Å². The molecule has 1 saturated heterocycles. The zero-order chi connectivity index (χ0) is 16.9. The van der Waals surface area contributed by atoms with Gasteiger partial charge in [-0.2, -0.15) is 0 Å². The summed E-state index contributed by atoms with van der Waals surface area (Å²) in [7, 11) is 0. The van der Waals surface area contributed by atoms with Crippen LogP contribution >= 0.6 is 0 Å². The SMILES string of the molecule is CC=CC(=O)N1CCCC(c2nc(C)ncc2-c2ccncc2)C1. The molecule has 1 aliphatic rings. The summed E-state index contributed by atoms with van der Waals surface area (Å²) >= 11 is 0. The quantitative estimate of drug-likeness (QED) is 0.815. The van der Waals surface area contributed by atoms with Gasteiger partial charge in [0.15, 0.2) is 0 Å². The fraction of sp³-hybridized carbons (Fsp3) is 0.368. The molecule has 3 heterocycles. The number of amides is 1. The number of nitrogens with zero attached hydrogens (tertiary/aromatic N) is 4. The minimum absolute atomic E-state index is 0.0819. The van der Waals surface area contributed by atoms with E-state index < -0.39 is 0 Å². The predicted octanol–water partition coefficient (Wildman–Crippen LogP) is 3.13. The Labute approximate surface area is 142 Å². The van der Waals surface area contributed by atoms with Crippen molar-refractivity contribution in [2.75, 3.05) is 13.1 Å². The van der Waals surface area contributed by atoms with Crippen molar-refractivity contribution in [3.8, 4) is 11.1 Å². The molecule has 0 radical (unpaired) electrons. The fourth-order valence-corrected chi connectivity index (χ4v) is 3.20. The number of aromatic nitrogens is 3. The van der Waals surface area contributed by atoms with Crippen molar-refractivity contribution in [1.29, 1.82) is 0 Å². The zero-order valence-corrected chi connectivity index (χ0v) is 14.1. The van der Waals surface area contributed by atoms with Crippen LogP contribution in [0.2, 0.25) is 0 Å². The standard InChI is InChI=1S/C19H22N4O/c1-3-5-18(24)23-11-4-6-16(13-23)19-17(12-21-14(2)22-19)15-7-9-20-10-8-15/h3,5,7-10,12,16H,4,6,11,13H2,1-2H3. The molecule has 24 heavy (non-hydrogen) atoms. The van der Waals surface area contributed by atoms with Gasteiger partial charge in [-0.1, -0.05) is 6.08 Å². The highest BCUT2D eigenvalue weighted by atomic mass is 16.2. The van der Waals surface area contributed by atoms with Gasteiger partial charge in [0.2, 0.25) is 5.91 Å². The van der Waals surface area contributed by atoms with Gasteiger partial charge in [-0.05, 0) is 50.5 Å². The summed E-state index contributed by atoms with van der Waals surface area (Å²) in [6.07, 6.45) is 10.9. The number of likely N-dealkylation sites (tertiary alicyclic amines) is 1. The van der Waals surface area contributed by atoms with Gasteiger partial charge in [0.25, 0.3) is 0 Å². The van der Waals surface area contributed by atoms with Gasteiger partial charge in [0.1, 0.15) is 5.82 Å². The van der Waals surface area contributed by atoms with Crippen LogP contribution in [0.1, 0.15) is 37.2 Å². The lowest BCUT2D eigenvalue weighted by Gasteiger charge is -2.32. The maximum absolute atomic E-state index is 12.2. The molecule has 0 bridgehead atoms. The maximum atomic E-state index is 12.2. The highest BCUT2D eigenvalue weighted by Crippen LogP contribution is 2.32. The van der Waals surface area contributed by atoms with Crippen LogP contribution in [0.25, 0.3) is 11.1 Å². The van der Waals surface area contributed by atoms with Crippen LogP contribution in [-0.4, -0.2) is 38.8 Å². The van der Waals surface area contributed by atoms with Gasteiger partial charge < -0.3 is 4.90 Å². The molecule has 0 aliphatic carbocycles. The van der Waals surface area contributed by atoms with Crippen molar-refractivity contribution in [2.24, 2.45) is 0 Å². The molecule has 124 valence electrons. The predicted molar refractivity (Wildman–Crippen MR) is 93.4 cm³/mol. The summed E-state index contributed by atoms with van der Waals surface area (Å²) in [5.74, 6) is 1.08. The third-order valence-corrected chi connectivity index (χ3v) is 4.36. The first-order valence-corrected chi connectivity index (χ1v) is 8.34. The van der Waals surface area contributed by atoms with Gasteiger partial charge in [-0.15, -0.1) is 0 Å². The molecule has 1 atom stereocenters. The molecular weight excluding hydrogens is 300 g/mol. The van der Waals surface area contributed by atoms with Crippen molar-refractivity contribution in [3.05, 3.63) is 54.4 Å². The first kappa shape index (κ1) is 16.3. The molecule has 1 unspecified atom stereocenters. The van der Waals surface area contributed by atoms with Gasteiger partial charge in [0.05, 0.1) is 5.69 Å². The van der Waals surface area contributed by atoms with E-state index >= 15 is 0 Å². The molecule has 5 heteroatoms. The number of allylic oxidation sites excluding steroid dienone is 1. The largest absolute Gasteiger partial charge is 0.339 e. The van der Waals surface area contributed by atoms with E-state index in [1.807, 2.05) is 37.1 Å². The molecule has 5 nitrogen and oxygen atoms in total. The Morgan fingerprint density at radius 2 is 2.12 bits per heavy atom. The normalized spacial score (nSPS) is 18.1. The van der Waals surface area contributed by atoms with Crippen LogP contribution in [0, 0.1) is 6.92 Å². The average molecular weight is 322 g/mol. The minimum Gasteiger partial charge on any atom is -0.339 e. The van der Waals surface area contributed by atoms with Crippen LogP contribution in [-0.2, 0) is 4.79 Å². The summed E-state index contributed by atoms with van der Waals surface area (Å²) in [4.78, 5) is 27.3. The average Bonchev–Trinajstić information content (AvgIpc) is 2.63. The van der Waals surface area contributed by atoms with Crippen molar-refractivity contribution in [1.82, 2.24) is 19.9 Å². The molecule has 3 rings (SSSR count). The second-order valence-corrected chi connectivity index (χ2v) is 6.08. The number of pyridine rings is 1. The Kier molecular flexibility index (Phi) is 4.99. The van der Waals surface area contributed by atoms with Crippen molar-refractivity contribution < 1.29 is 4.79 Å². The van der Waals surface area contributed by atoms with Crippen LogP contribution < -0.4 is 0 Å². The molecule has 1 fully saturated rings. The second-order valence-electron chi connectivity index (χ2n) is 6.08. The molecule has 2 aromatic heterocycles. The highest BCUT2D eigenvalue weighted by Gasteiger charge is 2.27. The fourth-order valence-electron chi connectivity index (χ4n) is 3.20. The third kappa shape index (κ3) is 3.50. The van der Waals surface area contributed by atoms with E-state index in [1.54, 1.807) is 24.5 Å². The number of carbonyl (C=O) groups is 1. The zero-order valence-electron chi connectivity index (χ0n) is 14.1. The maximum Gasteiger partial charge on any atom is 0.246 e. The molecule has 0 aromatic carbocycles. The molecule has 1 amide bonds. The Balaban J connectivity index is 1.93. The Morgan fingerprint density at radius 1 is 1.33 bits per heavy atom. The van der Waals surface area contributed by atoms with Crippen molar-refractivity contribution in [2.45, 2.75) is 32.6 Å². The second kappa shape index (κ2) is 7.34. The number of piperidine rings is 1. The number of hydrogen-bond donors (Lipinski definition) is 0. The molecule has 1 aliphatic heterocycles. The topological polar surface area (TPSA) is 59.0 Å². The number of carbonyl (C=O) groups excluding carboxylic acids is 1. The van der Waals surface area contributed by atoms with Gasteiger partial charge in [-0.25, -0.2) is 9.97 Å². The first-order valence-electron chi connectivity index (χ1n) is 8.34. The number of hydrogen-bond acceptors (Lipinski definition) is 4. The van der Waals surface area contributed by atoms with Crippen molar-refractivity contribution in [3.63, 3.8) is 0 Å². The first-order chi connectivity index (χ1) is 11.7. The minimum atomic E-state index is 0.0819. The molecule has 0 spiro atoms. The lowest BCUT2D eigenvalue weighted by Crippen LogP contribution is -2.38. The van der Waals surface area contributed by atoms with Gasteiger partial charge >= 0.3 is 0 Å². The third-order valence-electron chi connectivity index (χ3n) is 4.36. The summed E-state index contributed by atoms with van der Waals surface area (Å²) < 4.78 is 0. The van der Waals surface area contributed by atoms with Gasteiger partial charge in [-0.3, -0.25) is 9.78 Å². The lowest BCUT2D eigenvalue weighted by molar-refractivity contribution is -0.127. The van der Waals surface area contributed by atoms with Crippen LogP contribution in [0.4, 0.5) is 0 Å². The van der Waals surface area contributed by atoms with Crippen LogP contribution in [0.3, 0.4) is 0 Å². The van der Waals surface area contributed by atoms with E-state index in [-0.39, 0.29) is 11.8 Å². The van der Waals surface area contributed by atoms with Gasteiger partial charge in [0, 0.05) is 43.2 Å². The van der Waals surface area contributed by atoms with Crippen LogP contribution in [0.15, 0.2) is 42.9 Å². The molecule has 0 N–H and O–H groups in total. The Bertz CT molecular complexity index is 742. The lowest BCUT2D eigenvalue weighted by atomic mass is 9.90. The van der Waals surface area contributed by atoms with E-state index in [0.717, 1.165) is 42.0 Å². The summed E-state index contributed by atoms with van der Waals surface area (Å²) in [6, 6.07) is 3.95. The Hall–Kier alpha value is -2.56. The number of aryl methyl sites for hydroxylation is 1. The summed E-state index contributed by atoms with van der Waals surface area (Å²) in [6.45, 7) is 5.30. The summed E-state index contributed by atoms with van der Waals surface area (Å²) in [5.41, 5.74) is 3.14. The van der Waals surface area contributed by atoms with E-state index in [9.17, 15) is 4.79 Å². The smallest absolute Gasteiger partial charge is 0.246 e. The summed E-state index contributed by atoms with van der Waals surface area (Å²) in [5, 5.41) is 0. The van der Waals surface area contributed by atoms with E-state index in [1.165, 1.54) is 0 Å². The van der Waals surface area contributed by atoms with Crippen molar-refractivity contribution >= 4 is 5.91 Å². The Morgan fingerprint density at radius 3 is 2.88 bits per heavy atom. The highest BCUT2D eigenvalue weighted by molar-refractivity contribution is 5.87. The molecular formula is C19H22N4O. The number of rotatable bonds is 3. The van der Waals surface area contributed by atoms with E-state index in [4.69, 9.17) is 4.98 Å². The van der Waals surface area contributed by atoms with E-state index in [0.29, 0.717) is 6.54 Å². The monoisotopic (exact) mass is 322 g/mol. The molecule has 0 saturated carbocycles. The molecule has 2 aromatic rings.